The molecule has 210 valence electrons. The van der Waals surface area contributed by atoms with Gasteiger partial charge < -0.3 is 9.16 Å². The summed E-state index contributed by atoms with van der Waals surface area (Å²) in [6.07, 6.45) is 13.8. The van der Waals surface area contributed by atoms with Crippen LogP contribution in [0.1, 0.15) is 102 Å². The molecule has 0 aliphatic rings. The summed E-state index contributed by atoms with van der Waals surface area (Å²) in [5.74, 6) is 1.37. The highest BCUT2D eigenvalue weighted by atomic mass is 28.4. The Hall–Kier alpha value is -2.85. The van der Waals surface area contributed by atoms with Crippen LogP contribution in [0.5, 0.6) is 11.5 Å². The Morgan fingerprint density at radius 1 is 0.667 bits per heavy atom. The molecule has 0 aliphatic heterocycles. The number of hydrogen-bond acceptors (Lipinski definition) is 3. The molecule has 0 amide bonds. The fraction of sp³-hybridized carbons (Fsp3) is 0.457. The molecular weight excluding hydrogens is 496 g/mol. The molecule has 0 atom stereocenters. The van der Waals surface area contributed by atoms with Crippen molar-refractivity contribution in [3.05, 3.63) is 84.4 Å². The van der Waals surface area contributed by atoms with E-state index in [1.165, 1.54) is 68.2 Å². The molecule has 3 aromatic rings. The third-order valence-corrected chi connectivity index (χ3v) is 12.5. The first kappa shape index (κ1) is 30.7. The zero-order valence-electron chi connectivity index (χ0n) is 24.6. The van der Waals surface area contributed by atoms with Crippen LogP contribution >= 0.6 is 0 Å². The van der Waals surface area contributed by atoms with Crippen molar-refractivity contribution >= 4 is 25.0 Å². The van der Waals surface area contributed by atoms with Gasteiger partial charge in [0.05, 0.1) is 6.61 Å². The molecule has 0 bridgehead atoms. The van der Waals surface area contributed by atoms with E-state index in [1.54, 1.807) is 0 Å². The smallest absolute Gasteiger partial charge is 0.320 e. The van der Waals surface area contributed by atoms with Gasteiger partial charge in [-0.3, -0.25) is 4.79 Å². The highest BCUT2D eigenvalue weighted by Crippen LogP contribution is 2.40. The minimum atomic E-state index is -2.83. The van der Waals surface area contributed by atoms with Crippen molar-refractivity contribution in [1.29, 1.82) is 0 Å². The summed E-state index contributed by atoms with van der Waals surface area (Å²) < 4.78 is 13.5. The molecule has 0 aromatic heterocycles. The van der Waals surface area contributed by atoms with Crippen LogP contribution < -0.4 is 19.5 Å². The highest BCUT2D eigenvalue weighted by Gasteiger charge is 2.52. The van der Waals surface area contributed by atoms with Gasteiger partial charge in [0.2, 0.25) is 0 Å². The summed E-state index contributed by atoms with van der Waals surface area (Å²) in [4.78, 5) is 11.7. The van der Waals surface area contributed by atoms with E-state index in [9.17, 15) is 4.79 Å². The molecule has 39 heavy (non-hydrogen) atoms. The van der Waals surface area contributed by atoms with Crippen LogP contribution in [-0.2, 0) is 0 Å². The van der Waals surface area contributed by atoms with E-state index < -0.39 is 8.32 Å². The van der Waals surface area contributed by atoms with Crippen molar-refractivity contribution in [2.45, 2.75) is 96.9 Å². The second-order valence-electron chi connectivity index (χ2n) is 11.6. The predicted octanol–water partition coefficient (Wildman–Crippen LogP) is 8.74. The van der Waals surface area contributed by atoms with E-state index in [4.69, 9.17) is 9.16 Å². The molecule has 0 saturated heterocycles. The fourth-order valence-electron chi connectivity index (χ4n) is 5.38. The summed E-state index contributed by atoms with van der Waals surface area (Å²) in [6.45, 7) is 9.69. The maximum absolute atomic E-state index is 11.7. The van der Waals surface area contributed by atoms with Crippen molar-refractivity contribution in [3.8, 4) is 11.5 Å². The van der Waals surface area contributed by atoms with E-state index in [2.05, 4.69) is 76.2 Å². The Balaban J connectivity index is 1.76. The minimum Gasteiger partial charge on any atom is -0.531 e. The van der Waals surface area contributed by atoms with E-state index in [-0.39, 0.29) is 5.04 Å². The second kappa shape index (κ2) is 15.7. The molecule has 3 aromatic carbocycles. The summed E-state index contributed by atoms with van der Waals surface area (Å²) in [7, 11) is -2.83. The number of rotatable bonds is 17. The molecule has 0 radical (unpaired) electrons. The molecular formula is C35H48O3Si. The number of carbonyl (C=O) groups is 1. The van der Waals surface area contributed by atoms with Gasteiger partial charge in [0.25, 0.3) is 0 Å². The molecule has 0 saturated carbocycles. The van der Waals surface area contributed by atoms with Crippen molar-refractivity contribution in [3.63, 3.8) is 0 Å². The summed E-state index contributed by atoms with van der Waals surface area (Å²) in [5, 5.41) is 2.21. The van der Waals surface area contributed by atoms with E-state index >= 15 is 0 Å². The first-order chi connectivity index (χ1) is 18.9. The van der Waals surface area contributed by atoms with Crippen LogP contribution in [0.2, 0.25) is 5.04 Å². The quantitative estimate of drug-likeness (QED) is 0.0968. The normalized spacial score (nSPS) is 11.8. The van der Waals surface area contributed by atoms with Crippen LogP contribution in [0, 0.1) is 0 Å². The molecule has 0 aliphatic carbocycles. The van der Waals surface area contributed by atoms with E-state index in [0.717, 1.165) is 12.7 Å². The molecule has 0 spiro atoms. The largest absolute Gasteiger partial charge is 0.531 e. The van der Waals surface area contributed by atoms with E-state index in [0.29, 0.717) is 23.7 Å². The maximum atomic E-state index is 11.7. The highest BCUT2D eigenvalue weighted by molar-refractivity contribution is 7.00. The fourth-order valence-corrected chi connectivity index (χ4v) is 9.80. The predicted molar refractivity (Wildman–Crippen MR) is 167 cm³/mol. The standard InChI is InChI=1S/C35H48O3Si/c1-5-6-7-8-9-10-11-12-13-20-27-37-33-26-25-30(29-36)28-34(33)38-39(35(2,3)4,31-21-16-14-17-22-31)32-23-18-15-19-24-32/h14-19,21-26,28-29H,5-13,20,27H2,1-4H3. The topological polar surface area (TPSA) is 35.5 Å². The Labute approximate surface area is 238 Å². The van der Waals surface area contributed by atoms with Gasteiger partial charge >= 0.3 is 8.32 Å². The van der Waals surface area contributed by atoms with Crippen molar-refractivity contribution < 1.29 is 14.0 Å². The number of aldehydes is 1. The van der Waals surface area contributed by atoms with Gasteiger partial charge in [-0.2, -0.15) is 0 Å². The van der Waals surface area contributed by atoms with Gasteiger partial charge in [-0.1, -0.05) is 146 Å². The lowest BCUT2D eigenvalue weighted by atomic mass is 10.1. The van der Waals surface area contributed by atoms with Crippen LogP contribution in [-0.4, -0.2) is 21.2 Å². The molecule has 0 N–H and O–H groups in total. The monoisotopic (exact) mass is 544 g/mol. The lowest BCUT2D eigenvalue weighted by Gasteiger charge is -2.43. The van der Waals surface area contributed by atoms with Gasteiger partial charge in [-0.05, 0) is 40.0 Å². The third kappa shape index (κ3) is 8.56. The summed E-state index contributed by atoms with van der Waals surface area (Å²) in [6, 6.07) is 26.7. The average Bonchev–Trinajstić information content (AvgIpc) is 2.95. The van der Waals surface area contributed by atoms with Crippen molar-refractivity contribution in [2.24, 2.45) is 0 Å². The number of hydrogen-bond donors (Lipinski definition) is 0. The summed E-state index contributed by atoms with van der Waals surface area (Å²) in [5.41, 5.74) is 0.592. The maximum Gasteiger partial charge on any atom is 0.320 e. The lowest BCUT2D eigenvalue weighted by molar-refractivity contribution is 0.112. The number of unbranched alkanes of at least 4 members (excludes halogenated alkanes) is 9. The Morgan fingerprint density at radius 2 is 1.18 bits per heavy atom. The van der Waals surface area contributed by atoms with Gasteiger partial charge in [0, 0.05) is 5.56 Å². The van der Waals surface area contributed by atoms with Gasteiger partial charge in [0.1, 0.15) is 12.0 Å². The van der Waals surface area contributed by atoms with Gasteiger partial charge in [-0.25, -0.2) is 0 Å². The summed E-state index contributed by atoms with van der Waals surface area (Å²) >= 11 is 0. The molecule has 3 rings (SSSR count). The SMILES string of the molecule is CCCCCCCCCCCCOc1ccc(C=O)cc1O[Si](c1ccccc1)(c1ccccc1)C(C)(C)C. The lowest BCUT2D eigenvalue weighted by Crippen LogP contribution is -2.68. The Kier molecular flexibility index (Phi) is 12.3. The third-order valence-electron chi connectivity index (χ3n) is 7.54. The number of benzene rings is 3. The first-order valence-electron chi connectivity index (χ1n) is 14.9. The Bertz CT molecular complexity index is 1070. The van der Waals surface area contributed by atoms with E-state index in [1.807, 2.05) is 30.3 Å². The number of carbonyl (C=O) groups excluding carboxylic acids is 1. The molecule has 4 heteroatoms. The Morgan fingerprint density at radius 3 is 1.67 bits per heavy atom. The second-order valence-corrected chi connectivity index (χ2v) is 15.8. The average molecular weight is 545 g/mol. The zero-order chi connectivity index (χ0) is 28.0. The zero-order valence-corrected chi connectivity index (χ0v) is 25.6. The molecule has 0 fully saturated rings. The van der Waals surface area contributed by atoms with Gasteiger partial charge in [-0.15, -0.1) is 0 Å². The van der Waals surface area contributed by atoms with Gasteiger partial charge in [0.15, 0.2) is 5.75 Å². The van der Waals surface area contributed by atoms with Crippen molar-refractivity contribution in [1.82, 2.24) is 0 Å². The van der Waals surface area contributed by atoms with Crippen molar-refractivity contribution in [2.75, 3.05) is 6.61 Å². The van der Waals surface area contributed by atoms with Crippen LogP contribution in [0.3, 0.4) is 0 Å². The number of ether oxygens (including phenoxy) is 1. The molecule has 0 unspecified atom stereocenters. The first-order valence-corrected chi connectivity index (χ1v) is 16.9. The van der Waals surface area contributed by atoms with Crippen LogP contribution in [0.25, 0.3) is 0 Å². The molecule has 0 heterocycles. The van der Waals surface area contributed by atoms with Crippen LogP contribution in [0.15, 0.2) is 78.9 Å². The minimum absolute atomic E-state index is 0.180. The molecule has 3 nitrogen and oxygen atoms in total. The van der Waals surface area contributed by atoms with Crippen LogP contribution in [0.4, 0.5) is 0 Å².